The molecule has 5 nitrogen and oxygen atoms in total. The maximum atomic E-state index is 5.77. The highest BCUT2D eigenvalue weighted by molar-refractivity contribution is 4.96. The fourth-order valence-electron chi connectivity index (χ4n) is 1.74. The van der Waals surface area contributed by atoms with Crippen molar-refractivity contribution in [3.05, 3.63) is 11.7 Å². The van der Waals surface area contributed by atoms with Crippen LogP contribution in [0.5, 0.6) is 0 Å². The number of methoxy groups -OCH3 is 1. The number of hydrogen-bond acceptors (Lipinski definition) is 5. The van der Waals surface area contributed by atoms with Gasteiger partial charge in [0, 0.05) is 20.1 Å². The van der Waals surface area contributed by atoms with E-state index in [4.69, 9.17) is 15.0 Å². The zero-order chi connectivity index (χ0) is 12.9. The lowest BCUT2D eigenvalue weighted by atomic mass is 9.84. The minimum Gasteiger partial charge on any atom is -0.384 e. The van der Waals surface area contributed by atoms with Crippen LogP contribution in [0.25, 0.3) is 0 Å². The van der Waals surface area contributed by atoms with Crippen LogP contribution in [0, 0.1) is 5.41 Å². The van der Waals surface area contributed by atoms with E-state index in [2.05, 4.69) is 30.9 Å². The minimum atomic E-state index is 0.138. The van der Waals surface area contributed by atoms with Gasteiger partial charge in [0.1, 0.15) is 0 Å². The second-order valence-electron chi connectivity index (χ2n) is 5.49. The average Bonchev–Trinajstić information content (AvgIpc) is 2.70. The fraction of sp³-hybridized carbons (Fsp3) is 0.833. The number of ether oxygens (including phenoxy) is 1. The van der Waals surface area contributed by atoms with E-state index in [1.165, 1.54) is 0 Å². The quantitative estimate of drug-likeness (QED) is 0.821. The van der Waals surface area contributed by atoms with Crippen molar-refractivity contribution >= 4 is 0 Å². The molecule has 0 aliphatic carbocycles. The first-order valence-corrected chi connectivity index (χ1v) is 5.97. The molecule has 0 fully saturated rings. The van der Waals surface area contributed by atoms with Gasteiger partial charge < -0.3 is 15.0 Å². The number of nitrogens with zero attached hydrogens (tertiary/aromatic N) is 2. The molecule has 1 atom stereocenters. The molecule has 5 heteroatoms. The van der Waals surface area contributed by atoms with E-state index in [9.17, 15) is 0 Å². The van der Waals surface area contributed by atoms with Crippen LogP contribution in [0.4, 0.5) is 0 Å². The lowest BCUT2D eigenvalue weighted by molar-refractivity contribution is 0.199. The second kappa shape index (κ2) is 6.12. The molecule has 1 rings (SSSR count). The van der Waals surface area contributed by atoms with Crippen molar-refractivity contribution in [1.82, 2.24) is 10.1 Å². The first-order chi connectivity index (χ1) is 7.96. The molecule has 98 valence electrons. The lowest BCUT2D eigenvalue weighted by Gasteiger charge is -2.22. The molecule has 0 saturated heterocycles. The molecule has 1 aromatic heterocycles. The molecule has 1 aromatic rings. The van der Waals surface area contributed by atoms with E-state index >= 15 is 0 Å². The van der Waals surface area contributed by atoms with E-state index in [0.29, 0.717) is 31.3 Å². The first kappa shape index (κ1) is 14.1. The number of nitrogens with two attached hydrogens (primary N) is 1. The summed E-state index contributed by atoms with van der Waals surface area (Å²) in [4.78, 5) is 4.37. The molecular weight excluding hydrogens is 218 g/mol. The van der Waals surface area contributed by atoms with Crippen LogP contribution in [0.1, 0.15) is 44.8 Å². The summed E-state index contributed by atoms with van der Waals surface area (Å²) in [5, 5.41) is 3.93. The topological polar surface area (TPSA) is 74.2 Å². The Bertz CT molecular complexity index is 331. The van der Waals surface area contributed by atoms with Crippen LogP contribution in [0.2, 0.25) is 0 Å². The standard InChI is InChI=1S/C12H23N3O2/c1-12(2,3)7-9(8-13)11-14-10(15-17-11)5-6-16-4/h9H,5-8,13H2,1-4H3. The highest BCUT2D eigenvalue weighted by Crippen LogP contribution is 2.29. The average molecular weight is 241 g/mol. The highest BCUT2D eigenvalue weighted by Gasteiger charge is 2.23. The largest absolute Gasteiger partial charge is 0.384 e. The van der Waals surface area contributed by atoms with Gasteiger partial charge in [-0.3, -0.25) is 0 Å². The predicted octanol–water partition coefficient (Wildman–Crippen LogP) is 1.74. The van der Waals surface area contributed by atoms with Crippen molar-refractivity contribution in [3.8, 4) is 0 Å². The third-order valence-corrected chi connectivity index (χ3v) is 2.51. The Labute approximate surface area is 103 Å². The van der Waals surface area contributed by atoms with Crippen molar-refractivity contribution < 1.29 is 9.26 Å². The SMILES string of the molecule is COCCc1noc(C(CN)CC(C)(C)C)n1. The van der Waals surface area contributed by atoms with E-state index < -0.39 is 0 Å². The van der Waals surface area contributed by atoms with E-state index in [0.717, 1.165) is 6.42 Å². The number of aromatic nitrogens is 2. The summed E-state index contributed by atoms with van der Waals surface area (Å²) in [6.45, 7) is 7.67. The van der Waals surface area contributed by atoms with Crippen LogP contribution >= 0.6 is 0 Å². The van der Waals surface area contributed by atoms with Crippen molar-refractivity contribution in [1.29, 1.82) is 0 Å². The lowest BCUT2D eigenvalue weighted by Crippen LogP contribution is -2.19. The summed E-state index contributed by atoms with van der Waals surface area (Å²) in [6, 6.07) is 0. The van der Waals surface area contributed by atoms with Gasteiger partial charge in [0.25, 0.3) is 0 Å². The molecule has 0 aliphatic heterocycles. The maximum absolute atomic E-state index is 5.77. The Morgan fingerprint density at radius 1 is 1.41 bits per heavy atom. The monoisotopic (exact) mass is 241 g/mol. The minimum absolute atomic E-state index is 0.138. The van der Waals surface area contributed by atoms with Crippen LogP contribution in [-0.4, -0.2) is 30.4 Å². The van der Waals surface area contributed by atoms with E-state index in [-0.39, 0.29) is 11.3 Å². The molecule has 0 bridgehead atoms. The molecule has 0 spiro atoms. The zero-order valence-corrected chi connectivity index (χ0v) is 11.2. The van der Waals surface area contributed by atoms with Gasteiger partial charge >= 0.3 is 0 Å². The number of hydrogen-bond donors (Lipinski definition) is 1. The van der Waals surface area contributed by atoms with Crippen molar-refractivity contribution in [3.63, 3.8) is 0 Å². The fourth-order valence-corrected chi connectivity index (χ4v) is 1.74. The van der Waals surface area contributed by atoms with Gasteiger partial charge in [-0.1, -0.05) is 25.9 Å². The third kappa shape index (κ3) is 4.83. The molecule has 1 heterocycles. The third-order valence-electron chi connectivity index (χ3n) is 2.51. The molecule has 17 heavy (non-hydrogen) atoms. The molecule has 0 aromatic carbocycles. The van der Waals surface area contributed by atoms with E-state index in [1.807, 2.05) is 0 Å². The molecule has 0 radical (unpaired) electrons. The van der Waals surface area contributed by atoms with Gasteiger partial charge in [-0.05, 0) is 11.8 Å². The molecule has 2 N–H and O–H groups in total. The summed E-state index contributed by atoms with van der Waals surface area (Å²) < 4.78 is 10.2. The van der Waals surface area contributed by atoms with Crippen molar-refractivity contribution in [2.24, 2.45) is 11.1 Å². The summed E-state index contributed by atoms with van der Waals surface area (Å²) in [5.41, 5.74) is 5.97. The van der Waals surface area contributed by atoms with Gasteiger partial charge in [0.2, 0.25) is 5.89 Å². The summed E-state index contributed by atoms with van der Waals surface area (Å²) in [7, 11) is 1.66. The summed E-state index contributed by atoms with van der Waals surface area (Å²) >= 11 is 0. The molecule has 0 aliphatic rings. The van der Waals surface area contributed by atoms with Gasteiger partial charge in [0.15, 0.2) is 5.82 Å². The summed E-state index contributed by atoms with van der Waals surface area (Å²) in [5.74, 6) is 1.47. The Hall–Kier alpha value is -0.940. The molecule has 0 amide bonds. The Balaban J connectivity index is 2.65. The Morgan fingerprint density at radius 3 is 2.65 bits per heavy atom. The highest BCUT2D eigenvalue weighted by atomic mass is 16.5. The van der Waals surface area contributed by atoms with Gasteiger partial charge in [-0.25, -0.2) is 0 Å². The Morgan fingerprint density at radius 2 is 2.12 bits per heavy atom. The number of rotatable bonds is 6. The van der Waals surface area contributed by atoms with Crippen LogP contribution in [-0.2, 0) is 11.2 Å². The molecule has 1 unspecified atom stereocenters. The molecule has 0 saturated carbocycles. The van der Waals surface area contributed by atoms with Crippen molar-refractivity contribution in [2.75, 3.05) is 20.3 Å². The van der Waals surface area contributed by atoms with Gasteiger partial charge in [-0.15, -0.1) is 0 Å². The van der Waals surface area contributed by atoms with Crippen LogP contribution in [0.3, 0.4) is 0 Å². The smallest absolute Gasteiger partial charge is 0.231 e. The summed E-state index contributed by atoms with van der Waals surface area (Å²) in [6.07, 6.45) is 1.61. The second-order valence-corrected chi connectivity index (χ2v) is 5.49. The van der Waals surface area contributed by atoms with Crippen LogP contribution < -0.4 is 5.73 Å². The molecular formula is C12H23N3O2. The normalized spacial score (nSPS) is 13.9. The van der Waals surface area contributed by atoms with Gasteiger partial charge in [0.05, 0.1) is 12.5 Å². The van der Waals surface area contributed by atoms with Crippen LogP contribution in [0.15, 0.2) is 4.52 Å². The van der Waals surface area contributed by atoms with E-state index in [1.54, 1.807) is 7.11 Å². The van der Waals surface area contributed by atoms with Crippen molar-refractivity contribution in [2.45, 2.75) is 39.5 Å². The van der Waals surface area contributed by atoms with Gasteiger partial charge in [-0.2, -0.15) is 4.98 Å². The predicted molar refractivity (Wildman–Crippen MR) is 65.7 cm³/mol. The maximum Gasteiger partial charge on any atom is 0.231 e. The Kier molecular flexibility index (Phi) is 5.08. The zero-order valence-electron chi connectivity index (χ0n) is 11.2. The first-order valence-electron chi connectivity index (χ1n) is 5.97.